The number of furan rings is 1. The quantitative estimate of drug-likeness (QED) is 0.450. The molecule has 2 N–H and O–H groups in total. The van der Waals surface area contributed by atoms with Gasteiger partial charge in [-0.25, -0.2) is 0 Å². The molecule has 0 saturated carbocycles. The summed E-state index contributed by atoms with van der Waals surface area (Å²) in [6.07, 6.45) is 5.69. The molecule has 10 nitrogen and oxygen atoms in total. The van der Waals surface area contributed by atoms with Crippen LogP contribution in [0.15, 0.2) is 40.7 Å². The van der Waals surface area contributed by atoms with Crippen molar-refractivity contribution in [2.24, 2.45) is 0 Å². The minimum atomic E-state index is -0.656. The Morgan fingerprint density at radius 2 is 1.97 bits per heavy atom. The number of nitrogens with zero attached hydrogens (tertiary/aromatic N) is 3. The van der Waals surface area contributed by atoms with Gasteiger partial charge in [-0.3, -0.25) is 19.7 Å². The molecule has 1 aromatic carbocycles. The first-order valence-electron chi connectivity index (χ1n) is 11.9. The fraction of sp³-hybridized carbons (Fsp3) is 0.500. The largest absolute Gasteiger partial charge is 0.461 e. The van der Waals surface area contributed by atoms with Crippen LogP contribution in [0.4, 0.5) is 5.69 Å². The molecule has 0 aliphatic carbocycles. The third-order valence-corrected chi connectivity index (χ3v) is 6.32. The van der Waals surface area contributed by atoms with E-state index >= 15 is 0 Å². The normalized spacial score (nSPS) is 19.4. The van der Waals surface area contributed by atoms with Crippen LogP contribution < -0.4 is 10.6 Å². The molecule has 2 amide bonds. The number of nitrogens with one attached hydrogen (secondary N) is 2. The van der Waals surface area contributed by atoms with E-state index in [1.165, 1.54) is 0 Å². The number of aryl methyl sites for hydroxylation is 1. The summed E-state index contributed by atoms with van der Waals surface area (Å²) in [6, 6.07) is 6.72. The molecule has 2 fully saturated rings. The zero-order valence-electron chi connectivity index (χ0n) is 19.4. The highest BCUT2D eigenvalue weighted by Gasteiger charge is 2.31. The van der Waals surface area contributed by atoms with Crippen LogP contribution in [0, 0.1) is 10.1 Å². The number of anilines is 1. The van der Waals surface area contributed by atoms with Crippen molar-refractivity contribution in [3.63, 3.8) is 0 Å². The molecule has 0 unspecified atom stereocenters. The van der Waals surface area contributed by atoms with Crippen molar-refractivity contribution in [3.05, 3.63) is 52.2 Å². The molecule has 3 heterocycles. The fourth-order valence-corrected chi connectivity index (χ4v) is 4.53. The molecular formula is C24H31N5O5. The molecule has 2 aliphatic heterocycles. The maximum atomic E-state index is 13.2. The molecule has 10 heteroatoms. The minimum Gasteiger partial charge on any atom is -0.461 e. The lowest BCUT2D eigenvalue weighted by Gasteiger charge is -2.27. The number of hydrogen-bond donors (Lipinski definition) is 2. The Bertz CT molecular complexity index is 1090. The van der Waals surface area contributed by atoms with Crippen LogP contribution >= 0.6 is 0 Å². The molecule has 1 atom stereocenters. The number of carbonyl (C=O) groups is 2. The van der Waals surface area contributed by atoms with Crippen molar-refractivity contribution in [3.8, 4) is 0 Å². The van der Waals surface area contributed by atoms with E-state index in [1.807, 2.05) is 25.1 Å². The topological polar surface area (TPSA) is 121 Å². The predicted molar refractivity (Wildman–Crippen MR) is 127 cm³/mol. The monoisotopic (exact) mass is 469 g/mol. The van der Waals surface area contributed by atoms with E-state index in [0.717, 1.165) is 68.1 Å². The third kappa shape index (κ3) is 5.67. The molecule has 2 aliphatic rings. The van der Waals surface area contributed by atoms with Crippen LogP contribution in [-0.2, 0) is 16.0 Å². The van der Waals surface area contributed by atoms with Crippen LogP contribution in [-0.4, -0.2) is 58.8 Å². The van der Waals surface area contributed by atoms with Gasteiger partial charge in [-0.2, -0.15) is 0 Å². The first kappa shape index (κ1) is 23.6. The predicted octanol–water partition coefficient (Wildman–Crippen LogP) is 3.08. The number of amides is 2. The maximum Gasteiger partial charge on any atom is 0.274 e. The standard InChI is InChI=1S/C24H31N5O5/c1-2-19-14-17-13-18(8-9-21(17)34-19)25-22(15-29(32)33)26-20-7-3-4-12-28(24(20)31)16-23(30)27-10-5-6-11-27/h8-9,13-15,20,25-26H,2-7,10-12,16H2,1H3/t20-/m0/s1. The summed E-state index contributed by atoms with van der Waals surface area (Å²) in [4.78, 5) is 40.0. The number of fused-ring (bicyclic) bond motifs is 1. The van der Waals surface area contributed by atoms with Gasteiger partial charge in [-0.05, 0) is 56.4 Å². The highest BCUT2D eigenvalue weighted by molar-refractivity contribution is 5.88. The van der Waals surface area contributed by atoms with Gasteiger partial charge in [0.15, 0.2) is 5.82 Å². The first-order chi connectivity index (χ1) is 16.4. The third-order valence-electron chi connectivity index (χ3n) is 6.32. The number of hydrogen-bond acceptors (Lipinski definition) is 7. The van der Waals surface area contributed by atoms with Gasteiger partial charge < -0.3 is 24.9 Å². The van der Waals surface area contributed by atoms with Crippen LogP contribution in [0.5, 0.6) is 0 Å². The van der Waals surface area contributed by atoms with Crippen molar-refractivity contribution in [2.75, 3.05) is 31.5 Å². The van der Waals surface area contributed by atoms with Gasteiger partial charge in [0, 0.05) is 37.1 Å². The molecule has 4 rings (SSSR count). The summed E-state index contributed by atoms with van der Waals surface area (Å²) in [7, 11) is 0. The smallest absolute Gasteiger partial charge is 0.274 e. The Kier molecular flexibility index (Phi) is 7.34. The average molecular weight is 470 g/mol. The Morgan fingerprint density at radius 1 is 1.21 bits per heavy atom. The minimum absolute atomic E-state index is 0.0365. The molecule has 1 aromatic heterocycles. The highest BCUT2D eigenvalue weighted by Crippen LogP contribution is 2.24. The van der Waals surface area contributed by atoms with Gasteiger partial charge in [0.05, 0.1) is 11.5 Å². The summed E-state index contributed by atoms with van der Waals surface area (Å²) in [5, 5.41) is 18.3. The van der Waals surface area contributed by atoms with Crippen molar-refractivity contribution in [1.29, 1.82) is 0 Å². The average Bonchev–Trinajstić information content (AvgIpc) is 3.45. The van der Waals surface area contributed by atoms with Crippen molar-refractivity contribution < 1.29 is 18.9 Å². The van der Waals surface area contributed by atoms with Gasteiger partial charge in [0.1, 0.15) is 17.4 Å². The summed E-state index contributed by atoms with van der Waals surface area (Å²) in [5.74, 6) is 0.734. The van der Waals surface area contributed by atoms with E-state index in [-0.39, 0.29) is 24.2 Å². The SMILES string of the molecule is CCc1cc2cc(NC(=C[N+](=O)[O-])N[C@H]3CCCCN(CC(=O)N4CCCC4)C3=O)ccc2o1. The highest BCUT2D eigenvalue weighted by atomic mass is 16.6. The van der Waals surface area contributed by atoms with Crippen molar-refractivity contribution in [2.45, 2.75) is 51.5 Å². The lowest BCUT2D eigenvalue weighted by molar-refractivity contribution is -0.403. The number of benzene rings is 1. The van der Waals surface area contributed by atoms with Gasteiger partial charge in [0.25, 0.3) is 6.20 Å². The Balaban J connectivity index is 1.47. The second-order valence-corrected chi connectivity index (χ2v) is 8.81. The number of likely N-dealkylation sites (tertiary alicyclic amines) is 2. The zero-order valence-corrected chi connectivity index (χ0v) is 19.4. The van der Waals surface area contributed by atoms with Gasteiger partial charge >= 0.3 is 0 Å². The second kappa shape index (κ2) is 10.6. The molecule has 0 bridgehead atoms. The Hall–Kier alpha value is -3.56. The van der Waals surface area contributed by atoms with Gasteiger partial charge in [0.2, 0.25) is 11.8 Å². The fourth-order valence-electron chi connectivity index (χ4n) is 4.53. The van der Waals surface area contributed by atoms with E-state index in [1.54, 1.807) is 15.9 Å². The maximum absolute atomic E-state index is 13.2. The summed E-state index contributed by atoms with van der Waals surface area (Å²) >= 11 is 0. The number of rotatable bonds is 8. The molecule has 0 spiro atoms. The zero-order chi connectivity index (χ0) is 24.1. The van der Waals surface area contributed by atoms with Crippen LogP contribution in [0.25, 0.3) is 11.0 Å². The van der Waals surface area contributed by atoms with Crippen LogP contribution in [0.1, 0.15) is 44.8 Å². The van der Waals surface area contributed by atoms with E-state index in [9.17, 15) is 19.7 Å². The van der Waals surface area contributed by atoms with Crippen molar-refractivity contribution in [1.82, 2.24) is 15.1 Å². The Labute approximate surface area is 198 Å². The van der Waals surface area contributed by atoms with Crippen LogP contribution in [0.3, 0.4) is 0 Å². The molecule has 182 valence electrons. The second-order valence-electron chi connectivity index (χ2n) is 8.81. The summed E-state index contributed by atoms with van der Waals surface area (Å²) in [6.45, 7) is 4.04. The van der Waals surface area contributed by atoms with E-state index < -0.39 is 11.0 Å². The van der Waals surface area contributed by atoms with Gasteiger partial charge in [-0.15, -0.1) is 0 Å². The van der Waals surface area contributed by atoms with Crippen molar-refractivity contribution >= 4 is 28.5 Å². The molecule has 34 heavy (non-hydrogen) atoms. The number of nitro groups is 1. The Morgan fingerprint density at radius 3 is 2.71 bits per heavy atom. The molecular weight excluding hydrogens is 438 g/mol. The lowest BCUT2D eigenvalue weighted by Crippen LogP contribution is -2.49. The molecule has 2 saturated heterocycles. The van der Waals surface area contributed by atoms with E-state index in [0.29, 0.717) is 18.7 Å². The lowest BCUT2D eigenvalue weighted by atomic mass is 10.1. The summed E-state index contributed by atoms with van der Waals surface area (Å²) < 4.78 is 5.72. The summed E-state index contributed by atoms with van der Waals surface area (Å²) in [5.41, 5.74) is 1.38. The van der Waals surface area contributed by atoms with E-state index in [4.69, 9.17) is 4.42 Å². The van der Waals surface area contributed by atoms with E-state index in [2.05, 4.69) is 10.6 Å². The number of carbonyl (C=O) groups excluding carboxylic acids is 2. The van der Waals surface area contributed by atoms with Crippen LogP contribution in [0.2, 0.25) is 0 Å². The molecule has 0 radical (unpaired) electrons. The van der Waals surface area contributed by atoms with Gasteiger partial charge in [-0.1, -0.05) is 6.92 Å². The first-order valence-corrected chi connectivity index (χ1v) is 11.9. The molecule has 2 aromatic rings.